The molecule has 0 spiro atoms. The standard InChI is InChI=1S/C15H14ClNO6S/c1-22-9-8-11-2-5-13(6-3-11)23-24(20,21)15-7-4-12(16)10-14(15)17(18)19/h2-7,10H,8-9H2,1H3. The topological polar surface area (TPSA) is 95.7 Å². The summed E-state index contributed by atoms with van der Waals surface area (Å²) < 4.78 is 34.5. The van der Waals surface area contributed by atoms with Crippen molar-refractivity contribution >= 4 is 27.4 Å². The fraction of sp³-hybridized carbons (Fsp3) is 0.200. The molecule has 0 aliphatic rings. The van der Waals surface area contributed by atoms with Crippen LogP contribution in [-0.4, -0.2) is 27.1 Å². The van der Waals surface area contributed by atoms with Crippen LogP contribution in [0.5, 0.6) is 5.75 Å². The third-order valence-corrected chi connectivity index (χ3v) is 4.64. The van der Waals surface area contributed by atoms with Crippen LogP contribution in [0.2, 0.25) is 5.02 Å². The van der Waals surface area contributed by atoms with Crippen molar-refractivity contribution in [2.75, 3.05) is 13.7 Å². The predicted octanol–water partition coefficient (Wildman–Crippen LogP) is 3.20. The van der Waals surface area contributed by atoms with Crippen molar-refractivity contribution in [2.24, 2.45) is 0 Å². The van der Waals surface area contributed by atoms with Crippen LogP contribution >= 0.6 is 11.6 Å². The number of hydrogen-bond donors (Lipinski definition) is 0. The largest absolute Gasteiger partial charge is 0.384 e. The zero-order chi connectivity index (χ0) is 17.7. The molecule has 128 valence electrons. The van der Waals surface area contributed by atoms with Gasteiger partial charge in [-0.3, -0.25) is 10.1 Å². The van der Waals surface area contributed by atoms with Crippen molar-refractivity contribution < 1.29 is 22.3 Å². The average Bonchev–Trinajstić information content (AvgIpc) is 2.53. The van der Waals surface area contributed by atoms with Gasteiger partial charge in [0.2, 0.25) is 0 Å². The second-order valence-electron chi connectivity index (χ2n) is 4.79. The van der Waals surface area contributed by atoms with Crippen LogP contribution in [-0.2, 0) is 21.3 Å². The lowest BCUT2D eigenvalue weighted by Crippen LogP contribution is -2.12. The van der Waals surface area contributed by atoms with E-state index in [2.05, 4.69) is 0 Å². The quantitative estimate of drug-likeness (QED) is 0.421. The molecule has 2 aromatic rings. The number of nitro benzene ring substituents is 1. The van der Waals surface area contributed by atoms with Crippen molar-refractivity contribution in [2.45, 2.75) is 11.3 Å². The highest BCUT2D eigenvalue weighted by atomic mass is 35.5. The molecule has 0 aliphatic heterocycles. The fourth-order valence-corrected chi connectivity index (χ4v) is 3.19. The maximum Gasteiger partial charge on any atom is 0.346 e. The Bertz CT molecular complexity index is 836. The molecule has 0 heterocycles. The van der Waals surface area contributed by atoms with E-state index in [0.717, 1.165) is 17.7 Å². The van der Waals surface area contributed by atoms with Gasteiger partial charge in [-0.25, -0.2) is 0 Å². The fourth-order valence-electron chi connectivity index (χ4n) is 1.95. The Hall–Kier alpha value is -2.16. The van der Waals surface area contributed by atoms with E-state index >= 15 is 0 Å². The number of benzene rings is 2. The van der Waals surface area contributed by atoms with Crippen molar-refractivity contribution in [1.29, 1.82) is 0 Å². The maximum absolute atomic E-state index is 12.3. The molecular weight excluding hydrogens is 358 g/mol. The summed E-state index contributed by atoms with van der Waals surface area (Å²) >= 11 is 5.68. The Kier molecular flexibility index (Phi) is 5.76. The van der Waals surface area contributed by atoms with Crippen LogP contribution in [0.15, 0.2) is 47.4 Å². The highest BCUT2D eigenvalue weighted by molar-refractivity contribution is 7.87. The molecule has 0 unspecified atom stereocenters. The van der Waals surface area contributed by atoms with E-state index in [1.807, 2.05) is 0 Å². The zero-order valence-electron chi connectivity index (χ0n) is 12.6. The van der Waals surface area contributed by atoms with Gasteiger partial charge in [0.1, 0.15) is 5.75 Å². The number of halogens is 1. The van der Waals surface area contributed by atoms with Gasteiger partial charge in [-0.05, 0) is 36.2 Å². The van der Waals surface area contributed by atoms with Gasteiger partial charge in [0.15, 0.2) is 4.90 Å². The first-order chi connectivity index (χ1) is 11.3. The average molecular weight is 372 g/mol. The number of methoxy groups -OCH3 is 1. The Labute approximate surface area is 144 Å². The molecule has 0 aliphatic carbocycles. The third-order valence-electron chi connectivity index (χ3n) is 3.11. The Balaban J connectivity index is 2.27. The van der Waals surface area contributed by atoms with E-state index in [1.54, 1.807) is 19.2 Å². The molecule has 7 nitrogen and oxygen atoms in total. The van der Waals surface area contributed by atoms with Crippen LogP contribution in [0.1, 0.15) is 5.56 Å². The molecule has 0 N–H and O–H groups in total. The summed E-state index contributed by atoms with van der Waals surface area (Å²) in [5.41, 5.74) is 0.304. The minimum Gasteiger partial charge on any atom is -0.384 e. The van der Waals surface area contributed by atoms with E-state index in [-0.39, 0.29) is 10.8 Å². The monoisotopic (exact) mass is 371 g/mol. The molecule has 0 radical (unpaired) electrons. The predicted molar refractivity (Wildman–Crippen MR) is 87.9 cm³/mol. The van der Waals surface area contributed by atoms with Crippen LogP contribution < -0.4 is 4.18 Å². The summed E-state index contributed by atoms with van der Waals surface area (Å²) in [6.07, 6.45) is 0.673. The highest BCUT2D eigenvalue weighted by Gasteiger charge is 2.28. The Morgan fingerprint density at radius 3 is 2.42 bits per heavy atom. The van der Waals surface area contributed by atoms with Crippen molar-refractivity contribution in [3.8, 4) is 5.75 Å². The summed E-state index contributed by atoms with van der Waals surface area (Å²) in [4.78, 5) is 9.65. The molecule has 0 aromatic heterocycles. The van der Waals surface area contributed by atoms with Crippen LogP contribution in [0.3, 0.4) is 0 Å². The van der Waals surface area contributed by atoms with Gasteiger partial charge in [0.25, 0.3) is 5.69 Å². The van der Waals surface area contributed by atoms with Crippen LogP contribution in [0, 0.1) is 10.1 Å². The molecule has 0 atom stereocenters. The molecule has 9 heteroatoms. The van der Waals surface area contributed by atoms with Gasteiger partial charge < -0.3 is 8.92 Å². The molecule has 0 amide bonds. The van der Waals surface area contributed by atoms with E-state index < -0.39 is 25.6 Å². The molecule has 2 aromatic carbocycles. The summed E-state index contributed by atoms with van der Waals surface area (Å²) in [5, 5.41) is 11.1. The number of rotatable bonds is 7. The van der Waals surface area contributed by atoms with Gasteiger partial charge in [-0.1, -0.05) is 23.7 Å². The van der Waals surface area contributed by atoms with E-state index in [4.69, 9.17) is 20.5 Å². The second-order valence-corrected chi connectivity index (χ2v) is 6.74. The molecule has 2 rings (SSSR count). The van der Waals surface area contributed by atoms with E-state index in [9.17, 15) is 18.5 Å². The van der Waals surface area contributed by atoms with Crippen molar-refractivity contribution in [3.05, 3.63) is 63.2 Å². The summed E-state index contributed by atoms with van der Waals surface area (Å²) in [5.74, 6) is 0.0559. The molecular formula is C15H14ClNO6S. The summed E-state index contributed by atoms with van der Waals surface area (Å²) in [6.45, 7) is 0.537. The third kappa shape index (κ3) is 4.44. The Morgan fingerprint density at radius 1 is 1.17 bits per heavy atom. The minimum absolute atomic E-state index is 0.0559. The molecule has 0 saturated heterocycles. The molecule has 0 bridgehead atoms. The van der Waals surface area contributed by atoms with E-state index in [1.165, 1.54) is 18.2 Å². The van der Waals surface area contributed by atoms with Gasteiger partial charge >= 0.3 is 10.1 Å². The molecule has 0 fully saturated rings. The molecule has 24 heavy (non-hydrogen) atoms. The number of hydrogen-bond acceptors (Lipinski definition) is 6. The van der Waals surface area contributed by atoms with Gasteiger partial charge in [0.05, 0.1) is 11.5 Å². The lowest BCUT2D eigenvalue weighted by atomic mass is 10.1. The smallest absolute Gasteiger partial charge is 0.346 e. The van der Waals surface area contributed by atoms with Gasteiger partial charge in [-0.2, -0.15) is 8.42 Å². The Morgan fingerprint density at radius 2 is 1.83 bits per heavy atom. The minimum atomic E-state index is -4.36. The van der Waals surface area contributed by atoms with Crippen molar-refractivity contribution in [1.82, 2.24) is 0 Å². The first-order valence-electron chi connectivity index (χ1n) is 6.80. The zero-order valence-corrected chi connectivity index (χ0v) is 14.2. The highest BCUT2D eigenvalue weighted by Crippen LogP contribution is 2.29. The first kappa shape index (κ1) is 18.2. The number of nitrogens with zero attached hydrogens (tertiary/aromatic N) is 1. The second kappa shape index (κ2) is 7.61. The maximum atomic E-state index is 12.3. The van der Waals surface area contributed by atoms with Crippen molar-refractivity contribution in [3.63, 3.8) is 0 Å². The number of ether oxygens (including phenoxy) is 1. The normalized spacial score (nSPS) is 11.2. The molecule has 0 saturated carbocycles. The van der Waals surface area contributed by atoms with Gasteiger partial charge in [-0.15, -0.1) is 0 Å². The number of nitro groups is 1. The summed E-state index contributed by atoms with van der Waals surface area (Å²) in [7, 11) is -2.77. The lowest BCUT2D eigenvalue weighted by molar-refractivity contribution is -0.387. The van der Waals surface area contributed by atoms with Crippen LogP contribution in [0.4, 0.5) is 5.69 Å². The van der Waals surface area contributed by atoms with E-state index in [0.29, 0.717) is 13.0 Å². The van der Waals surface area contributed by atoms with Gasteiger partial charge in [0, 0.05) is 18.2 Å². The SMILES string of the molecule is COCCc1ccc(OS(=O)(=O)c2ccc(Cl)cc2[N+](=O)[O-])cc1. The lowest BCUT2D eigenvalue weighted by Gasteiger charge is -2.08. The summed E-state index contributed by atoms with van der Waals surface area (Å²) in [6, 6.07) is 9.60. The van der Waals surface area contributed by atoms with Crippen LogP contribution in [0.25, 0.3) is 0 Å². The first-order valence-corrected chi connectivity index (χ1v) is 8.58.